The maximum Gasteiger partial charge on any atom is 0.548 e. The SMILES string of the molecule is CO[P+](=O)c1ccc(O)cc1. The quantitative estimate of drug-likeness (QED) is 0.684. The summed E-state index contributed by atoms with van der Waals surface area (Å²) < 4.78 is 15.6. The number of phenolic OH excluding ortho intramolecular Hbond substituents is 1. The molecule has 3 nitrogen and oxygen atoms in total. The van der Waals surface area contributed by atoms with Gasteiger partial charge >= 0.3 is 8.03 Å². The maximum absolute atomic E-state index is 11.0. The molecule has 1 N–H and O–H groups in total. The standard InChI is InChI=1S/C7H7O3P/c1-10-11(9)7-4-2-6(8)3-5-7/h2-5H,1H3/p+1. The predicted octanol–water partition coefficient (Wildman–Crippen LogP) is 1.41. The molecule has 0 saturated carbocycles. The first-order valence-electron chi connectivity index (χ1n) is 3.04. The number of hydrogen-bond acceptors (Lipinski definition) is 3. The highest BCUT2D eigenvalue weighted by Crippen LogP contribution is 2.20. The van der Waals surface area contributed by atoms with Crippen LogP contribution in [0.5, 0.6) is 5.75 Å². The Morgan fingerprint density at radius 2 is 1.91 bits per heavy atom. The largest absolute Gasteiger partial charge is 0.548 e. The Hall–Kier alpha value is -0.920. The van der Waals surface area contributed by atoms with Crippen LogP contribution in [0.25, 0.3) is 0 Å². The highest BCUT2D eigenvalue weighted by Gasteiger charge is 2.18. The lowest BCUT2D eigenvalue weighted by Gasteiger charge is -1.86. The molecule has 0 saturated heterocycles. The molecule has 58 valence electrons. The molecule has 0 aliphatic rings. The zero-order chi connectivity index (χ0) is 8.27. The van der Waals surface area contributed by atoms with E-state index in [2.05, 4.69) is 4.52 Å². The van der Waals surface area contributed by atoms with E-state index >= 15 is 0 Å². The van der Waals surface area contributed by atoms with Crippen LogP contribution in [0.15, 0.2) is 24.3 Å². The first kappa shape index (κ1) is 8.18. The molecule has 0 aromatic heterocycles. The van der Waals surface area contributed by atoms with Gasteiger partial charge in [-0.3, -0.25) is 0 Å². The summed E-state index contributed by atoms with van der Waals surface area (Å²) in [7, 11) is -0.366. The van der Waals surface area contributed by atoms with Crippen molar-refractivity contribution in [3.63, 3.8) is 0 Å². The smallest absolute Gasteiger partial charge is 0.508 e. The summed E-state index contributed by atoms with van der Waals surface area (Å²) in [6.45, 7) is 0. The molecule has 1 rings (SSSR count). The van der Waals surface area contributed by atoms with Gasteiger partial charge in [0, 0.05) is 0 Å². The molecule has 4 heteroatoms. The topological polar surface area (TPSA) is 46.5 Å². The highest BCUT2D eigenvalue weighted by atomic mass is 31.1. The fourth-order valence-electron chi connectivity index (χ4n) is 0.680. The third kappa shape index (κ3) is 2.00. The molecule has 0 aliphatic heterocycles. The zero-order valence-electron chi connectivity index (χ0n) is 6.02. The Morgan fingerprint density at radius 3 is 2.36 bits per heavy atom. The van der Waals surface area contributed by atoms with E-state index in [4.69, 9.17) is 5.11 Å². The van der Waals surface area contributed by atoms with Gasteiger partial charge in [0.2, 0.25) is 5.30 Å². The molecular formula is C7H8O3P+. The molecule has 1 unspecified atom stereocenters. The van der Waals surface area contributed by atoms with Crippen LogP contribution in [-0.4, -0.2) is 12.2 Å². The van der Waals surface area contributed by atoms with E-state index in [9.17, 15) is 4.57 Å². The second-order valence-electron chi connectivity index (χ2n) is 1.96. The minimum Gasteiger partial charge on any atom is -0.508 e. The summed E-state index contributed by atoms with van der Waals surface area (Å²) in [5.41, 5.74) is 0. The minimum absolute atomic E-state index is 0.160. The van der Waals surface area contributed by atoms with Crippen LogP contribution < -0.4 is 5.30 Å². The van der Waals surface area contributed by atoms with Crippen molar-refractivity contribution < 1.29 is 14.2 Å². The number of aromatic hydroxyl groups is 1. The van der Waals surface area contributed by atoms with Crippen molar-refractivity contribution in [2.45, 2.75) is 0 Å². The highest BCUT2D eigenvalue weighted by molar-refractivity contribution is 7.48. The lowest BCUT2D eigenvalue weighted by molar-refractivity contribution is 0.423. The van der Waals surface area contributed by atoms with Gasteiger partial charge in [0.25, 0.3) is 0 Å². The lowest BCUT2D eigenvalue weighted by atomic mass is 10.3. The Kier molecular flexibility index (Phi) is 2.58. The van der Waals surface area contributed by atoms with E-state index in [0.717, 1.165) is 0 Å². The van der Waals surface area contributed by atoms with E-state index in [1.807, 2.05) is 0 Å². The number of hydrogen-bond donors (Lipinski definition) is 1. The van der Waals surface area contributed by atoms with Crippen LogP contribution in [0.2, 0.25) is 0 Å². The van der Waals surface area contributed by atoms with Crippen LogP contribution in [0.3, 0.4) is 0 Å². The summed E-state index contributed by atoms with van der Waals surface area (Å²) in [4.78, 5) is 0. The summed E-state index contributed by atoms with van der Waals surface area (Å²) in [5.74, 6) is 0.160. The summed E-state index contributed by atoms with van der Waals surface area (Å²) in [6, 6.07) is 6.08. The maximum atomic E-state index is 11.0. The Labute approximate surface area is 65.5 Å². The zero-order valence-corrected chi connectivity index (χ0v) is 6.91. The van der Waals surface area contributed by atoms with Gasteiger partial charge in [0.15, 0.2) is 0 Å². The molecule has 11 heavy (non-hydrogen) atoms. The number of benzene rings is 1. The normalized spacial score (nSPS) is 11.2. The Morgan fingerprint density at radius 1 is 1.36 bits per heavy atom. The van der Waals surface area contributed by atoms with Crippen molar-refractivity contribution in [3.8, 4) is 5.75 Å². The molecule has 1 aromatic carbocycles. The van der Waals surface area contributed by atoms with Gasteiger partial charge in [0.05, 0.1) is 7.11 Å². The van der Waals surface area contributed by atoms with Crippen LogP contribution in [0.1, 0.15) is 0 Å². The van der Waals surface area contributed by atoms with E-state index in [-0.39, 0.29) is 5.75 Å². The molecule has 0 amide bonds. The van der Waals surface area contributed by atoms with Crippen molar-refractivity contribution in [3.05, 3.63) is 24.3 Å². The predicted molar refractivity (Wildman–Crippen MR) is 42.4 cm³/mol. The van der Waals surface area contributed by atoms with Crippen LogP contribution in [-0.2, 0) is 9.09 Å². The molecule has 0 aliphatic carbocycles. The minimum atomic E-state index is -1.75. The summed E-state index contributed by atoms with van der Waals surface area (Å²) >= 11 is 0. The van der Waals surface area contributed by atoms with E-state index in [1.165, 1.54) is 19.2 Å². The molecular weight excluding hydrogens is 163 g/mol. The number of rotatable bonds is 2. The average Bonchev–Trinajstić information content (AvgIpc) is 2.05. The molecule has 0 spiro atoms. The van der Waals surface area contributed by atoms with Gasteiger partial charge in [-0.25, -0.2) is 0 Å². The molecule has 0 radical (unpaired) electrons. The van der Waals surface area contributed by atoms with Crippen LogP contribution in [0.4, 0.5) is 0 Å². The second-order valence-corrected chi connectivity index (χ2v) is 3.35. The Bertz CT molecular complexity index is 255. The lowest BCUT2D eigenvalue weighted by Crippen LogP contribution is -1.94. The van der Waals surface area contributed by atoms with Gasteiger partial charge in [-0.15, -0.1) is 4.52 Å². The van der Waals surface area contributed by atoms with E-state index in [1.54, 1.807) is 12.1 Å². The van der Waals surface area contributed by atoms with Crippen LogP contribution in [0, 0.1) is 0 Å². The summed E-state index contributed by atoms with van der Waals surface area (Å²) in [5, 5.41) is 9.46. The molecule has 1 aromatic rings. The number of phenols is 1. The molecule has 0 bridgehead atoms. The van der Waals surface area contributed by atoms with Gasteiger partial charge < -0.3 is 5.11 Å². The molecule has 1 atom stereocenters. The fraction of sp³-hybridized carbons (Fsp3) is 0.143. The summed E-state index contributed by atoms with van der Waals surface area (Å²) in [6.07, 6.45) is 0. The third-order valence-electron chi connectivity index (χ3n) is 1.23. The van der Waals surface area contributed by atoms with E-state index in [0.29, 0.717) is 5.30 Å². The van der Waals surface area contributed by atoms with E-state index < -0.39 is 8.03 Å². The van der Waals surface area contributed by atoms with Gasteiger partial charge in [-0.1, -0.05) is 0 Å². The molecule has 0 heterocycles. The van der Waals surface area contributed by atoms with Crippen molar-refractivity contribution in [2.24, 2.45) is 0 Å². The van der Waals surface area contributed by atoms with Crippen molar-refractivity contribution in [2.75, 3.05) is 7.11 Å². The van der Waals surface area contributed by atoms with Crippen molar-refractivity contribution >= 4 is 13.3 Å². The second kappa shape index (κ2) is 3.46. The van der Waals surface area contributed by atoms with Gasteiger partial charge in [-0.2, -0.15) is 0 Å². The third-order valence-corrected chi connectivity index (χ3v) is 2.28. The average molecular weight is 171 g/mol. The monoisotopic (exact) mass is 171 g/mol. The van der Waals surface area contributed by atoms with Crippen LogP contribution >= 0.6 is 8.03 Å². The fourth-order valence-corrected chi connectivity index (χ4v) is 1.28. The molecule has 0 fully saturated rings. The van der Waals surface area contributed by atoms with Gasteiger partial charge in [-0.05, 0) is 28.8 Å². The van der Waals surface area contributed by atoms with Crippen molar-refractivity contribution in [1.29, 1.82) is 0 Å². The van der Waals surface area contributed by atoms with Gasteiger partial charge in [0.1, 0.15) is 5.75 Å². The Balaban J connectivity index is 2.90. The van der Waals surface area contributed by atoms with Crippen molar-refractivity contribution in [1.82, 2.24) is 0 Å². The first-order valence-corrected chi connectivity index (χ1v) is 4.22. The first-order chi connectivity index (χ1) is 5.24.